The predicted octanol–water partition coefficient (Wildman–Crippen LogP) is 4.13. The molecular formula is C22H22N4O. The fourth-order valence-electron chi connectivity index (χ4n) is 3.23. The topological polar surface area (TPSA) is 63.0 Å². The van der Waals surface area contributed by atoms with Crippen molar-refractivity contribution in [2.45, 2.75) is 19.4 Å². The third-order valence-corrected chi connectivity index (χ3v) is 4.72. The highest BCUT2D eigenvalue weighted by molar-refractivity contribution is 5.90. The van der Waals surface area contributed by atoms with Crippen molar-refractivity contribution in [1.29, 1.82) is 0 Å². The van der Waals surface area contributed by atoms with Gasteiger partial charge in [0.25, 0.3) is 0 Å². The number of hydrogen-bond donors (Lipinski definition) is 2. The molecule has 0 bridgehead atoms. The van der Waals surface area contributed by atoms with Crippen molar-refractivity contribution in [3.05, 3.63) is 84.4 Å². The van der Waals surface area contributed by atoms with Crippen molar-refractivity contribution in [2.24, 2.45) is 0 Å². The molecule has 2 aromatic heterocycles. The molecule has 0 aliphatic rings. The second kappa shape index (κ2) is 7.60. The lowest BCUT2D eigenvalue weighted by Crippen LogP contribution is -2.08. The van der Waals surface area contributed by atoms with Gasteiger partial charge < -0.3 is 15.0 Å². The fourth-order valence-corrected chi connectivity index (χ4v) is 3.23. The molecular weight excluding hydrogens is 336 g/mol. The largest absolute Gasteiger partial charge is 0.396 e. The Balaban J connectivity index is 1.68. The van der Waals surface area contributed by atoms with Crippen LogP contribution in [0, 0.1) is 0 Å². The van der Waals surface area contributed by atoms with Gasteiger partial charge in [0.2, 0.25) is 0 Å². The van der Waals surface area contributed by atoms with Crippen molar-refractivity contribution in [1.82, 2.24) is 14.5 Å². The van der Waals surface area contributed by atoms with E-state index >= 15 is 0 Å². The number of anilines is 1. The average Bonchev–Trinajstić information content (AvgIpc) is 3.17. The molecule has 2 heterocycles. The number of rotatable bonds is 6. The minimum absolute atomic E-state index is 0.135. The van der Waals surface area contributed by atoms with Crippen LogP contribution in [0.2, 0.25) is 0 Å². The highest BCUT2D eigenvalue weighted by atomic mass is 16.2. The SMILES string of the molecule is CC(Nc1ncnc2ccc(-n3ccc(CCO)c3)cc12)c1ccccc1. The monoisotopic (exact) mass is 358 g/mol. The summed E-state index contributed by atoms with van der Waals surface area (Å²) in [5, 5.41) is 13.6. The second-order valence-corrected chi connectivity index (χ2v) is 6.60. The standard InChI is InChI=1S/C22H22N4O/c1-16(18-5-3-2-4-6-18)25-22-20-13-19(7-8-21(20)23-15-24-22)26-11-9-17(14-26)10-12-27/h2-9,11,13-16,27H,10,12H2,1H3,(H,23,24,25). The van der Waals surface area contributed by atoms with E-state index in [-0.39, 0.29) is 12.6 Å². The Morgan fingerprint density at radius 1 is 1.07 bits per heavy atom. The van der Waals surface area contributed by atoms with E-state index in [0.717, 1.165) is 28.0 Å². The van der Waals surface area contributed by atoms with E-state index in [1.165, 1.54) is 5.56 Å². The number of benzene rings is 2. The molecule has 4 rings (SSSR count). The highest BCUT2D eigenvalue weighted by Crippen LogP contribution is 2.26. The maximum absolute atomic E-state index is 9.12. The summed E-state index contributed by atoms with van der Waals surface area (Å²) in [6, 6.07) is 18.6. The van der Waals surface area contributed by atoms with E-state index in [1.54, 1.807) is 6.33 Å². The van der Waals surface area contributed by atoms with Gasteiger partial charge in [0.05, 0.1) is 5.52 Å². The van der Waals surface area contributed by atoms with E-state index < -0.39 is 0 Å². The van der Waals surface area contributed by atoms with E-state index in [4.69, 9.17) is 5.11 Å². The number of nitrogens with zero attached hydrogens (tertiary/aromatic N) is 3. The first-order valence-electron chi connectivity index (χ1n) is 9.09. The highest BCUT2D eigenvalue weighted by Gasteiger charge is 2.10. The molecule has 5 nitrogen and oxygen atoms in total. The molecule has 0 amide bonds. The fraction of sp³-hybridized carbons (Fsp3) is 0.182. The Bertz CT molecular complexity index is 1040. The molecule has 0 saturated carbocycles. The molecule has 5 heteroatoms. The molecule has 1 unspecified atom stereocenters. The Labute approximate surface area is 158 Å². The minimum Gasteiger partial charge on any atom is -0.396 e. The summed E-state index contributed by atoms with van der Waals surface area (Å²) < 4.78 is 2.06. The molecule has 0 saturated heterocycles. The number of aliphatic hydroxyl groups is 1. The number of fused-ring (bicyclic) bond motifs is 1. The Morgan fingerprint density at radius 3 is 2.74 bits per heavy atom. The van der Waals surface area contributed by atoms with Crippen LogP contribution in [0.1, 0.15) is 24.1 Å². The van der Waals surface area contributed by atoms with Crippen LogP contribution in [-0.4, -0.2) is 26.2 Å². The molecule has 4 aromatic rings. The van der Waals surface area contributed by atoms with E-state index in [1.807, 2.05) is 48.8 Å². The van der Waals surface area contributed by atoms with Gasteiger partial charge in [0.15, 0.2) is 0 Å². The maximum Gasteiger partial charge on any atom is 0.137 e. The molecule has 0 spiro atoms. The van der Waals surface area contributed by atoms with Gasteiger partial charge in [0.1, 0.15) is 12.1 Å². The zero-order chi connectivity index (χ0) is 18.6. The van der Waals surface area contributed by atoms with Gasteiger partial charge in [-0.3, -0.25) is 0 Å². The van der Waals surface area contributed by atoms with Crippen molar-refractivity contribution in [2.75, 3.05) is 11.9 Å². The van der Waals surface area contributed by atoms with Crippen LogP contribution in [0.15, 0.2) is 73.3 Å². The minimum atomic E-state index is 0.135. The summed E-state index contributed by atoms with van der Waals surface area (Å²) in [5.41, 5.74) is 4.26. The first kappa shape index (κ1) is 17.2. The number of aliphatic hydroxyl groups excluding tert-OH is 1. The van der Waals surface area contributed by atoms with Gasteiger partial charge in [-0.1, -0.05) is 30.3 Å². The smallest absolute Gasteiger partial charge is 0.137 e. The normalized spacial score (nSPS) is 12.2. The molecule has 0 radical (unpaired) electrons. The van der Waals surface area contributed by atoms with Crippen LogP contribution < -0.4 is 5.32 Å². The van der Waals surface area contributed by atoms with Crippen LogP contribution >= 0.6 is 0 Å². The van der Waals surface area contributed by atoms with E-state index in [9.17, 15) is 0 Å². The predicted molar refractivity (Wildman–Crippen MR) is 108 cm³/mol. The van der Waals surface area contributed by atoms with Crippen LogP contribution in [0.25, 0.3) is 16.6 Å². The summed E-state index contributed by atoms with van der Waals surface area (Å²) in [4.78, 5) is 8.88. The molecule has 136 valence electrons. The molecule has 27 heavy (non-hydrogen) atoms. The zero-order valence-electron chi connectivity index (χ0n) is 15.2. The first-order chi connectivity index (χ1) is 13.2. The first-order valence-corrected chi connectivity index (χ1v) is 9.09. The van der Waals surface area contributed by atoms with Crippen LogP contribution in [0.4, 0.5) is 5.82 Å². The van der Waals surface area contributed by atoms with Gasteiger partial charge in [-0.25, -0.2) is 9.97 Å². The van der Waals surface area contributed by atoms with Gasteiger partial charge in [-0.05, 0) is 48.7 Å². The lowest BCUT2D eigenvalue weighted by molar-refractivity contribution is 0.299. The molecule has 2 N–H and O–H groups in total. The summed E-state index contributed by atoms with van der Waals surface area (Å²) in [6.45, 7) is 2.28. The molecule has 0 aliphatic carbocycles. The van der Waals surface area contributed by atoms with Crippen molar-refractivity contribution >= 4 is 16.7 Å². The third kappa shape index (κ3) is 3.68. The molecule has 1 atom stereocenters. The van der Waals surface area contributed by atoms with Crippen LogP contribution in [-0.2, 0) is 6.42 Å². The van der Waals surface area contributed by atoms with Crippen LogP contribution in [0.3, 0.4) is 0 Å². The molecule has 2 aromatic carbocycles. The molecule has 0 fully saturated rings. The Morgan fingerprint density at radius 2 is 1.93 bits per heavy atom. The van der Waals surface area contributed by atoms with E-state index in [0.29, 0.717) is 6.42 Å². The van der Waals surface area contributed by atoms with Gasteiger partial charge in [-0.2, -0.15) is 0 Å². The Hall–Kier alpha value is -3.18. The zero-order valence-corrected chi connectivity index (χ0v) is 15.2. The summed E-state index contributed by atoms with van der Waals surface area (Å²) in [7, 11) is 0. The summed E-state index contributed by atoms with van der Waals surface area (Å²) >= 11 is 0. The van der Waals surface area contributed by atoms with Crippen molar-refractivity contribution in [3.63, 3.8) is 0 Å². The lowest BCUT2D eigenvalue weighted by atomic mass is 10.1. The van der Waals surface area contributed by atoms with Crippen LogP contribution in [0.5, 0.6) is 0 Å². The second-order valence-electron chi connectivity index (χ2n) is 6.60. The van der Waals surface area contributed by atoms with Gasteiger partial charge in [0, 0.05) is 36.1 Å². The summed E-state index contributed by atoms with van der Waals surface area (Å²) in [5.74, 6) is 0.820. The Kier molecular flexibility index (Phi) is 4.85. The number of nitrogens with one attached hydrogen (secondary N) is 1. The maximum atomic E-state index is 9.12. The van der Waals surface area contributed by atoms with Crippen molar-refractivity contribution < 1.29 is 5.11 Å². The summed E-state index contributed by atoms with van der Waals surface area (Å²) in [6.07, 6.45) is 6.30. The quantitative estimate of drug-likeness (QED) is 0.544. The van der Waals surface area contributed by atoms with Gasteiger partial charge >= 0.3 is 0 Å². The van der Waals surface area contributed by atoms with E-state index in [2.05, 4.69) is 45.0 Å². The number of hydrogen-bond acceptors (Lipinski definition) is 4. The van der Waals surface area contributed by atoms with Gasteiger partial charge in [-0.15, -0.1) is 0 Å². The number of aromatic nitrogens is 3. The third-order valence-electron chi connectivity index (χ3n) is 4.72. The van der Waals surface area contributed by atoms with Crippen molar-refractivity contribution in [3.8, 4) is 5.69 Å². The lowest BCUT2D eigenvalue weighted by Gasteiger charge is -2.16. The molecule has 0 aliphatic heterocycles. The average molecular weight is 358 g/mol.